The molecule has 0 amide bonds. The second-order valence-electron chi connectivity index (χ2n) is 2.93. The van der Waals surface area contributed by atoms with Gasteiger partial charge in [0.1, 0.15) is 0 Å². The molecule has 0 saturated carbocycles. The molecule has 1 atom stereocenters. The highest BCUT2D eigenvalue weighted by Crippen LogP contribution is 2.12. The van der Waals surface area contributed by atoms with Crippen LogP contribution >= 0.6 is 15.9 Å². The first-order valence-electron chi connectivity index (χ1n) is 3.71. The number of sulfone groups is 1. The van der Waals surface area contributed by atoms with Gasteiger partial charge in [-0.1, -0.05) is 15.9 Å². The lowest BCUT2D eigenvalue weighted by molar-refractivity contribution is 0.572. The highest BCUT2D eigenvalue weighted by molar-refractivity contribution is 9.09. The minimum Gasteiger partial charge on any atom is -0.228 e. The van der Waals surface area contributed by atoms with Crippen molar-refractivity contribution in [3.63, 3.8) is 0 Å². The lowest BCUT2D eigenvalue weighted by Crippen LogP contribution is -2.26. The van der Waals surface area contributed by atoms with E-state index in [1.165, 1.54) is 0 Å². The Morgan fingerprint density at radius 2 is 1.73 bits per heavy atom. The van der Waals surface area contributed by atoms with Gasteiger partial charge in [0.2, 0.25) is 0 Å². The predicted molar refractivity (Wildman–Crippen MR) is 51.9 cm³/mol. The van der Waals surface area contributed by atoms with E-state index >= 15 is 0 Å². The number of rotatable bonds is 4. The van der Waals surface area contributed by atoms with Crippen LogP contribution < -0.4 is 0 Å². The first-order valence-corrected chi connectivity index (χ1v) is 6.44. The number of halogens is 1. The highest BCUT2D eigenvalue weighted by Gasteiger charge is 2.23. The van der Waals surface area contributed by atoms with Crippen molar-refractivity contribution < 1.29 is 8.42 Å². The summed E-state index contributed by atoms with van der Waals surface area (Å²) >= 11 is 3.23. The molecule has 11 heavy (non-hydrogen) atoms. The van der Waals surface area contributed by atoms with Gasteiger partial charge in [-0.3, -0.25) is 0 Å². The van der Waals surface area contributed by atoms with Crippen LogP contribution in [0.4, 0.5) is 0 Å². The maximum atomic E-state index is 11.4. The summed E-state index contributed by atoms with van der Waals surface area (Å²) in [5.74, 6) is 0. The molecule has 0 aliphatic rings. The van der Waals surface area contributed by atoms with E-state index in [0.717, 1.165) is 5.33 Å². The molecule has 2 nitrogen and oxygen atoms in total. The molecule has 1 unspecified atom stereocenters. The molecule has 0 aliphatic heterocycles. The van der Waals surface area contributed by atoms with Crippen LogP contribution in [-0.4, -0.2) is 24.2 Å². The first kappa shape index (κ1) is 11.4. The summed E-state index contributed by atoms with van der Waals surface area (Å²) in [7, 11) is -2.87. The van der Waals surface area contributed by atoms with Crippen molar-refractivity contribution >= 4 is 25.8 Å². The molecule has 0 aromatic rings. The van der Waals surface area contributed by atoms with Crippen molar-refractivity contribution in [2.45, 2.75) is 37.7 Å². The Morgan fingerprint density at radius 3 is 2.00 bits per heavy atom. The van der Waals surface area contributed by atoms with Crippen LogP contribution in [0.15, 0.2) is 0 Å². The Morgan fingerprint density at radius 1 is 1.27 bits per heavy atom. The van der Waals surface area contributed by atoms with Gasteiger partial charge in [-0.15, -0.1) is 0 Å². The molecule has 0 saturated heterocycles. The van der Waals surface area contributed by atoms with Crippen LogP contribution in [0.5, 0.6) is 0 Å². The minimum atomic E-state index is -2.87. The third kappa shape index (κ3) is 3.11. The quantitative estimate of drug-likeness (QED) is 0.707. The van der Waals surface area contributed by atoms with Gasteiger partial charge in [0.15, 0.2) is 9.84 Å². The van der Waals surface area contributed by atoms with Gasteiger partial charge in [0.05, 0.1) is 10.5 Å². The van der Waals surface area contributed by atoms with E-state index in [-0.39, 0.29) is 10.5 Å². The zero-order valence-corrected chi connectivity index (χ0v) is 9.57. The van der Waals surface area contributed by atoms with E-state index in [1.54, 1.807) is 20.8 Å². The largest absolute Gasteiger partial charge is 0.228 e. The van der Waals surface area contributed by atoms with Crippen LogP contribution in [0, 0.1) is 0 Å². The van der Waals surface area contributed by atoms with E-state index in [0.29, 0.717) is 6.42 Å². The zero-order valence-electron chi connectivity index (χ0n) is 7.17. The molecule has 0 rings (SSSR count). The van der Waals surface area contributed by atoms with Gasteiger partial charge in [-0.2, -0.15) is 0 Å². The molecule has 0 radical (unpaired) electrons. The molecule has 0 aliphatic carbocycles. The smallest absolute Gasteiger partial charge is 0.155 e. The maximum Gasteiger partial charge on any atom is 0.155 e. The topological polar surface area (TPSA) is 34.1 Å². The predicted octanol–water partition coefficient (Wildman–Crippen LogP) is 1.98. The second-order valence-corrected chi connectivity index (χ2v) is 6.64. The summed E-state index contributed by atoms with van der Waals surface area (Å²) in [5, 5.41) is 0.276. The van der Waals surface area contributed by atoms with Gasteiger partial charge in [-0.05, 0) is 27.2 Å². The van der Waals surface area contributed by atoms with Crippen LogP contribution in [0.3, 0.4) is 0 Å². The molecule has 0 fully saturated rings. The van der Waals surface area contributed by atoms with Crippen molar-refractivity contribution in [1.29, 1.82) is 0 Å². The molecule has 68 valence electrons. The highest BCUT2D eigenvalue weighted by atomic mass is 79.9. The molecule has 0 aromatic heterocycles. The van der Waals surface area contributed by atoms with Crippen LogP contribution in [0.2, 0.25) is 0 Å². The van der Waals surface area contributed by atoms with Gasteiger partial charge >= 0.3 is 0 Å². The average molecular weight is 243 g/mol. The number of alkyl halides is 1. The SMILES string of the molecule is CC(C)S(=O)(=O)C(C)CCBr. The first-order chi connectivity index (χ1) is 4.92. The fraction of sp³-hybridized carbons (Fsp3) is 1.00. The van der Waals surface area contributed by atoms with Crippen LogP contribution in [-0.2, 0) is 9.84 Å². The van der Waals surface area contributed by atoms with E-state index in [1.807, 2.05) is 0 Å². The molecule has 0 spiro atoms. The van der Waals surface area contributed by atoms with Crippen molar-refractivity contribution in [2.24, 2.45) is 0 Å². The lowest BCUT2D eigenvalue weighted by atomic mass is 10.4. The standard InChI is InChI=1S/C7H15BrO2S/c1-6(2)11(9,10)7(3)4-5-8/h6-7H,4-5H2,1-3H3. The van der Waals surface area contributed by atoms with Gasteiger partial charge in [-0.25, -0.2) is 8.42 Å². The molecular weight excluding hydrogens is 228 g/mol. The molecule has 0 bridgehead atoms. The van der Waals surface area contributed by atoms with Gasteiger partial charge in [0, 0.05) is 5.33 Å². The lowest BCUT2D eigenvalue weighted by Gasteiger charge is -2.13. The third-order valence-electron chi connectivity index (χ3n) is 1.73. The van der Waals surface area contributed by atoms with Crippen molar-refractivity contribution in [3.05, 3.63) is 0 Å². The summed E-state index contributed by atoms with van der Waals surface area (Å²) in [6.45, 7) is 5.21. The molecule has 4 heteroatoms. The normalized spacial score (nSPS) is 15.4. The molecular formula is C7H15BrO2S. The Labute approximate surface area is 77.4 Å². The molecule has 0 N–H and O–H groups in total. The maximum absolute atomic E-state index is 11.4. The fourth-order valence-corrected chi connectivity index (χ4v) is 3.15. The Balaban J connectivity index is 4.32. The fourth-order valence-electron chi connectivity index (χ4n) is 0.783. The zero-order chi connectivity index (χ0) is 9.07. The van der Waals surface area contributed by atoms with Crippen molar-refractivity contribution in [2.75, 3.05) is 5.33 Å². The van der Waals surface area contributed by atoms with Crippen molar-refractivity contribution in [1.82, 2.24) is 0 Å². The van der Waals surface area contributed by atoms with Gasteiger partial charge < -0.3 is 0 Å². The van der Waals surface area contributed by atoms with Crippen molar-refractivity contribution in [3.8, 4) is 0 Å². The third-order valence-corrected chi connectivity index (χ3v) is 4.86. The average Bonchev–Trinajstić information content (AvgIpc) is 1.88. The van der Waals surface area contributed by atoms with E-state index < -0.39 is 9.84 Å². The Kier molecular flexibility index (Phi) is 4.63. The van der Waals surface area contributed by atoms with Crippen LogP contribution in [0.1, 0.15) is 27.2 Å². The molecule has 0 heterocycles. The molecule has 0 aromatic carbocycles. The summed E-state index contributed by atoms with van der Waals surface area (Å²) in [6, 6.07) is 0. The van der Waals surface area contributed by atoms with E-state index in [4.69, 9.17) is 0 Å². The summed E-state index contributed by atoms with van der Waals surface area (Å²) in [5.41, 5.74) is 0. The number of hydrogen-bond acceptors (Lipinski definition) is 2. The Hall–Kier alpha value is 0.430. The van der Waals surface area contributed by atoms with Gasteiger partial charge in [0.25, 0.3) is 0 Å². The Bertz CT molecular complexity index is 196. The monoisotopic (exact) mass is 242 g/mol. The minimum absolute atomic E-state index is 0.220. The van der Waals surface area contributed by atoms with E-state index in [9.17, 15) is 8.42 Å². The van der Waals surface area contributed by atoms with E-state index in [2.05, 4.69) is 15.9 Å². The number of hydrogen-bond donors (Lipinski definition) is 0. The van der Waals surface area contributed by atoms with Crippen LogP contribution in [0.25, 0.3) is 0 Å². The second kappa shape index (κ2) is 4.45. The summed E-state index contributed by atoms with van der Waals surface area (Å²) < 4.78 is 22.8. The summed E-state index contributed by atoms with van der Waals surface area (Å²) in [4.78, 5) is 0. The summed E-state index contributed by atoms with van der Waals surface area (Å²) in [6.07, 6.45) is 0.695.